The zero-order valence-electron chi connectivity index (χ0n) is 14.8. The second-order valence-corrected chi connectivity index (χ2v) is 6.25. The van der Waals surface area contributed by atoms with E-state index in [0.29, 0.717) is 6.54 Å². The summed E-state index contributed by atoms with van der Waals surface area (Å²) in [6.45, 7) is 0.665. The van der Waals surface area contributed by atoms with Gasteiger partial charge in [-0.1, -0.05) is 18.2 Å². The summed E-state index contributed by atoms with van der Waals surface area (Å²) in [5.74, 6) is 0.0796. The zero-order valence-corrected chi connectivity index (χ0v) is 14.8. The summed E-state index contributed by atoms with van der Waals surface area (Å²) >= 11 is 0. The summed E-state index contributed by atoms with van der Waals surface area (Å²) in [6.07, 6.45) is -0.0537. The lowest BCUT2D eigenvalue weighted by Gasteiger charge is -2.11. The fraction of sp³-hybridized carbons (Fsp3) is 0.300. The lowest BCUT2D eigenvalue weighted by atomic mass is 9.99. The molecule has 25 heavy (non-hydrogen) atoms. The number of phenolic OH excluding ortho intramolecular Hbond substituents is 1. The Labute approximate surface area is 147 Å². The van der Waals surface area contributed by atoms with E-state index in [0.717, 1.165) is 16.9 Å². The molecule has 1 N–H and O–H groups in total. The molecule has 0 saturated heterocycles. The Balaban J connectivity index is 1.99. The molecule has 132 valence electrons. The molecule has 2 aromatic rings. The van der Waals surface area contributed by atoms with Crippen molar-refractivity contribution in [1.82, 2.24) is 4.90 Å². The van der Waals surface area contributed by atoms with E-state index < -0.39 is 0 Å². The largest absolute Gasteiger partial charge is 0.507 e. The number of hydrogen-bond donors (Lipinski definition) is 1. The molecular weight excluding hydrogens is 318 g/mol. The summed E-state index contributed by atoms with van der Waals surface area (Å²) in [6, 6.07) is 12.1. The molecule has 0 amide bonds. The molecule has 0 aliphatic heterocycles. The van der Waals surface area contributed by atoms with Gasteiger partial charge < -0.3 is 14.7 Å². The van der Waals surface area contributed by atoms with Gasteiger partial charge in [0, 0.05) is 13.0 Å². The highest BCUT2D eigenvalue weighted by molar-refractivity contribution is 6.09. The quantitative estimate of drug-likeness (QED) is 0.591. The summed E-state index contributed by atoms with van der Waals surface area (Å²) in [7, 11) is 5.43. The van der Waals surface area contributed by atoms with Crippen LogP contribution in [0.1, 0.15) is 27.9 Å². The molecule has 0 aliphatic rings. The Morgan fingerprint density at radius 3 is 2.24 bits per heavy atom. The molecule has 0 heterocycles. The van der Waals surface area contributed by atoms with Gasteiger partial charge in [-0.3, -0.25) is 9.59 Å². The Morgan fingerprint density at radius 1 is 1.04 bits per heavy atom. The molecule has 0 saturated carbocycles. The maximum atomic E-state index is 12.3. The highest BCUT2D eigenvalue weighted by Crippen LogP contribution is 2.21. The van der Waals surface area contributed by atoms with E-state index in [-0.39, 0.29) is 35.7 Å². The summed E-state index contributed by atoms with van der Waals surface area (Å²) < 4.78 is 5.07. The highest BCUT2D eigenvalue weighted by Gasteiger charge is 2.16. The number of rotatable bonds is 8. The van der Waals surface area contributed by atoms with Crippen molar-refractivity contribution in [2.75, 3.05) is 21.2 Å². The average molecular weight is 341 g/mol. The second-order valence-electron chi connectivity index (χ2n) is 6.25. The third-order valence-electron chi connectivity index (χ3n) is 3.78. The van der Waals surface area contributed by atoms with Crippen molar-refractivity contribution in [3.63, 3.8) is 0 Å². The smallest absolute Gasteiger partial charge is 0.173 e. The van der Waals surface area contributed by atoms with Crippen molar-refractivity contribution >= 4 is 11.6 Å². The minimum Gasteiger partial charge on any atom is -0.507 e. The standard InChI is InChI=1S/C20H23NO4/c1-21(2)13-15-6-9-18(19(23)11-15)20(24)12-16(22)10-14-4-7-17(25-3)8-5-14/h4-9,11,23H,10,12-13H2,1-3H3. The van der Waals surface area contributed by atoms with Crippen LogP contribution in [-0.4, -0.2) is 42.8 Å². The van der Waals surface area contributed by atoms with E-state index in [1.807, 2.05) is 19.0 Å². The van der Waals surface area contributed by atoms with Crippen LogP contribution in [0.4, 0.5) is 0 Å². The minimum atomic E-state index is -0.368. The molecule has 0 aliphatic carbocycles. The van der Waals surface area contributed by atoms with Crippen molar-refractivity contribution in [3.8, 4) is 11.5 Å². The van der Waals surface area contributed by atoms with Crippen molar-refractivity contribution in [2.45, 2.75) is 19.4 Å². The number of carbonyl (C=O) groups excluding carboxylic acids is 2. The summed E-state index contributed by atoms with van der Waals surface area (Å²) in [5.41, 5.74) is 1.92. The van der Waals surface area contributed by atoms with Gasteiger partial charge in [-0.25, -0.2) is 0 Å². The van der Waals surface area contributed by atoms with Crippen LogP contribution in [0.2, 0.25) is 0 Å². The third kappa shape index (κ3) is 5.43. The number of ketones is 2. The van der Waals surface area contributed by atoms with Gasteiger partial charge in [0.25, 0.3) is 0 Å². The number of Topliss-reactive ketones (excluding diaryl/α,β-unsaturated/α-hetero) is 2. The third-order valence-corrected chi connectivity index (χ3v) is 3.78. The van der Waals surface area contributed by atoms with Crippen LogP contribution in [0.5, 0.6) is 11.5 Å². The Kier molecular flexibility index (Phi) is 6.31. The van der Waals surface area contributed by atoms with Crippen LogP contribution >= 0.6 is 0 Å². The molecule has 5 heteroatoms. The number of hydrogen-bond acceptors (Lipinski definition) is 5. The molecule has 0 spiro atoms. The minimum absolute atomic E-state index is 0.0819. The monoisotopic (exact) mass is 341 g/mol. The van der Waals surface area contributed by atoms with Gasteiger partial charge >= 0.3 is 0 Å². The van der Waals surface area contributed by atoms with Crippen LogP contribution in [0.3, 0.4) is 0 Å². The highest BCUT2D eigenvalue weighted by atomic mass is 16.5. The number of phenols is 1. The maximum absolute atomic E-state index is 12.3. The van der Waals surface area contributed by atoms with Gasteiger partial charge in [0.1, 0.15) is 17.3 Å². The van der Waals surface area contributed by atoms with Crippen molar-refractivity contribution in [3.05, 3.63) is 59.2 Å². The SMILES string of the molecule is COc1ccc(CC(=O)CC(=O)c2ccc(CN(C)C)cc2O)cc1. The predicted molar refractivity (Wildman–Crippen MR) is 96.2 cm³/mol. The van der Waals surface area contributed by atoms with Crippen LogP contribution < -0.4 is 4.74 Å². The lowest BCUT2D eigenvalue weighted by Crippen LogP contribution is -2.12. The fourth-order valence-corrected chi connectivity index (χ4v) is 2.58. The van der Waals surface area contributed by atoms with Crippen molar-refractivity contribution in [1.29, 1.82) is 0 Å². The number of carbonyl (C=O) groups is 2. The van der Waals surface area contributed by atoms with Crippen LogP contribution in [0.25, 0.3) is 0 Å². The molecule has 0 radical (unpaired) electrons. The number of benzene rings is 2. The van der Waals surface area contributed by atoms with E-state index in [1.54, 1.807) is 49.6 Å². The van der Waals surface area contributed by atoms with Gasteiger partial charge in [0.15, 0.2) is 5.78 Å². The number of ether oxygens (including phenoxy) is 1. The molecule has 0 atom stereocenters. The van der Waals surface area contributed by atoms with E-state index in [9.17, 15) is 14.7 Å². The Bertz CT molecular complexity index is 751. The number of methoxy groups -OCH3 is 1. The Hall–Kier alpha value is -2.66. The normalized spacial score (nSPS) is 10.7. The van der Waals surface area contributed by atoms with E-state index in [4.69, 9.17) is 4.74 Å². The first kappa shape index (κ1) is 18.7. The molecule has 5 nitrogen and oxygen atoms in total. The maximum Gasteiger partial charge on any atom is 0.173 e. The first-order valence-corrected chi connectivity index (χ1v) is 8.03. The van der Waals surface area contributed by atoms with E-state index in [1.165, 1.54) is 0 Å². The van der Waals surface area contributed by atoms with Crippen LogP contribution in [-0.2, 0) is 17.8 Å². The first-order valence-electron chi connectivity index (χ1n) is 8.03. The number of nitrogens with zero attached hydrogens (tertiary/aromatic N) is 1. The lowest BCUT2D eigenvalue weighted by molar-refractivity contribution is -0.117. The van der Waals surface area contributed by atoms with Crippen LogP contribution in [0.15, 0.2) is 42.5 Å². The molecular formula is C20H23NO4. The first-order chi connectivity index (χ1) is 11.9. The number of aromatic hydroxyl groups is 1. The van der Waals surface area contributed by atoms with Gasteiger partial charge in [-0.15, -0.1) is 0 Å². The van der Waals surface area contributed by atoms with Gasteiger partial charge in [0.2, 0.25) is 0 Å². The van der Waals surface area contributed by atoms with Crippen molar-refractivity contribution in [2.24, 2.45) is 0 Å². The molecule has 0 aromatic heterocycles. The summed E-state index contributed by atoms with van der Waals surface area (Å²) in [4.78, 5) is 26.4. The zero-order chi connectivity index (χ0) is 18.4. The molecule has 0 unspecified atom stereocenters. The predicted octanol–water partition coefficient (Wildman–Crippen LogP) is 2.85. The average Bonchev–Trinajstić information content (AvgIpc) is 2.54. The van der Waals surface area contributed by atoms with E-state index >= 15 is 0 Å². The Morgan fingerprint density at radius 2 is 1.68 bits per heavy atom. The molecule has 2 rings (SSSR count). The summed E-state index contributed by atoms with van der Waals surface area (Å²) in [5, 5.41) is 10.1. The van der Waals surface area contributed by atoms with Crippen LogP contribution in [0, 0.1) is 0 Å². The van der Waals surface area contributed by atoms with Gasteiger partial charge in [-0.2, -0.15) is 0 Å². The fourth-order valence-electron chi connectivity index (χ4n) is 2.58. The molecule has 0 fully saturated rings. The van der Waals surface area contributed by atoms with Crippen molar-refractivity contribution < 1.29 is 19.4 Å². The van der Waals surface area contributed by atoms with Gasteiger partial charge in [-0.05, 0) is 49.5 Å². The topological polar surface area (TPSA) is 66.8 Å². The molecule has 0 bridgehead atoms. The van der Waals surface area contributed by atoms with E-state index in [2.05, 4.69) is 0 Å². The second kappa shape index (κ2) is 8.44. The van der Waals surface area contributed by atoms with Gasteiger partial charge in [0.05, 0.1) is 19.1 Å². The molecule has 2 aromatic carbocycles.